The fourth-order valence-electron chi connectivity index (χ4n) is 4.35. The number of aromatic nitrogens is 2. The molecule has 4 rings (SSSR count). The molecule has 0 saturated heterocycles. The summed E-state index contributed by atoms with van der Waals surface area (Å²) in [7, 11) is -3.66. The lowest BCUT2D eigenvalue weighted by atomic mass is 10.1. The molecule has 0 spiro atoms. The number of alkyl halides is 3. The molecule has 39 heavy (non-hydrogen) atoms. The van der Waals surface area contributed by atoms with Crippen LogP contribution >= 0.6 is 0 Å². The Morgan fingerprint density at radius 3 is 2.15 bits per heavy atom. The number of H-pyrrole nitrogens is 1. The van der Waals surface area contributed by atoms with Crippen LogP contribution in [0.5, 0.6) is 0 Å². The van der Waals surface area contributed by atoms with Gasteiger partial charge in [-0.2, -0.15) is 13.2 Å². The van der Waals surface area contributed by atoms with Crippen LogP contribution in [0.3, 0.4) is 0 Å². The molecular weight excluding hydrogens is 523 g/mol. The first-order valence-corrected chi connectivity index (χ1v) is 14.6. The molecule has 0 bridgehead atoms. The minimum atomic E-state index is -4.42. The topological polar surface area (TPSA) is 74.8 Å². The fraction of sp³-hybridized carbons (Fsp3) is 0.300. The van der Waals surface area contributed by atoms with Gasteiger partial charge in [0.05, 0.1) is 21.8 Å². The number of imidazole rings is 1. The second-order valence-electron chi connectivity index (χ2n) is 9.45. The Morgan fingerprint density at radius 1 is 0.821 bits per heavy atom. The molecular formula is C30H32F3N3O2S. The van der Waals surface area contributed by atoms with Crippen LogP contribution in [0.25, 0.3) is 22.6 Å². The van der Waals surface area contributed by atoms with E-state index in [0.29, 0.717) is 35.6 Å². The number of rotatable bonds is 12. The van der Waals surface area contributed by atoms with Crippen molar-refractivity contribution in [3.05, 3.63) is 95.7 Å². The highest BCUT2D eigenvalue weighted by Gasteiger charge is 2.30. The minimum absolute atomic E-state index is 0.195. The van der Waals surface area contributed by atoms with Crippen molar-refractivity contribution >= 4 is 10.0 Å². The number of nitrogens with one attached hydrogen (secondary N) is 2. The maximum atomic E-state index is 13.1. The van der Waals surface area contributed by atoms with Gasteiger partial charge in [0.2, 0.25) is 10.0 Å². The van der Waals surface area contributed by atoms with Crippen LogP contribution in [0, 0.1) is 0 Å². The summed E-state index contributed by atoms with van der Waals surface area (Å²) in [4.78, 5) is 8.17. The smallest absolute Gasteiger partial charge is 0.338 e. The third-order valence-corrected chi connectivity index (χ3v) is 7.99. The average molecular weight is 556 g/mol. The van der Waals surface area contributed by atoms with Gasteiger partial charge in [-0.05, 0) is 61.1 Å². The first kappa shape index (κ1) is 28.6. The number of unbranched alkanes of at least 4 members (excludes halogenated alkanes) is 2. The number of hydrogen-bond acceptors (Lipinski definition) is 3. The van der Waals surface area contributed by atoms with E-state index >= 15 is 0 Å². The Labute approximate surface area is 227 Å². The van der Waals surface area contributed by atoms with Crippen molar-refractivity contribution in [3.63, 3.8) is 0 Å². The van der Waals surface area contributed by atoms with Gasteiger partial charge in [0.15, 0.2) is 0 Å². The summed E-state index contributed by atoms with van der Waals surface area (Å²) in [6, 6.07) is 21.3. The summed E-state index contributed by atoms with van der Waals surface area (Å²) in [5.74, 6) is 0.597. The van der Waals surface area contributed by atoms with Crippen molar-refractivity contribution in [2.24, 2.45) is 0 Å². The largest absolute Gasteiger partial charge is 0.416 e. The fourth-order valence-corrected chi connectivity index (χ4v) is 5.42. The predicted octanol–water partition coefficient (Wildman–Crippen LogP) is 7.41. The van der Waals surface area contributed by atoms with Gasteiger partial charge < -0.3 is 4.98 Å². The van der Waals surface area contributed by atoms with Gasteiger partial charge in [0.25, 0.3) is 0 Å². The number of halogens is 3. The number of aromatic amines is 1. The van der Waals surface area contributed by atoms with Crippen LogP contribution in [-0.4, -0.2) is 24.9 Å². The van der Waals surface area contributed by atoms with Crippen LogP contribution in [-0.2, 0) is 29.0 Å². The monoisotopic (exact) mass is 555 g/mol. The molecule has 0 radical (unpaired) electrons. The summed E-state index contributed by atoms with van der Waals surface area (Å²) in [5.41, 5.74) is 3.08. The highest BCUT2D eigenvalue weighted by Crippen LogP contribution is 2.32. The van der Waals surface area contributed by atoms with Gasteiger partial charge in [0, 0.05) is 12.1 Å². The molecule has 0 unspecified atom stereocenters. The third kappa shape index (κ3) is 7.58. The van der Waals surface area contributed by atoms with E-state index in [0.717, 1.165) is 48.9 Å². The van der Waals surface area contributed by atoms with Gasteiger partial charge in [-0.25, -0.2) is 18.1 Å². The number of aryl methyl sites for hydroxylation is 2. The Hall–Kier alpha value is -3.43. The first-order valence-electron chi connectivity index (χ1n) is 13.1. The SMILES string of the molecule is CCCCCc1ccc(S(=O)(=O)NCCCc2nc(-c3ccccc3)[nH]c2-c2ccc(C(F)(F)F)cc2)cc1. The summed E-state index contributed by atoms with van der Waals surface area (Å²) in [6.45, 7) is 2.34. The number of hydrogen-bond donors (Lipinski definition) is 2. The van der Waals surface area contributed by atoms with Crippen molar-refractivity contribution in [2.75, 3.05) is 6.54 Å². The van der Waals surface area contributed by atoms with Gasteiger partial charge >= 0.3 is 6.18 Å². The highest BCUT2D eigenvalue weighted by molar-refractivity contribution is 7.89. The normalized spacial score (nSPS) is 12.1. The molecule has 0 fully saturated rings. The molecule has 0 atom stereocenters. The Balaban J connectivity index is 1.45. The van der Waals surface area contributed by atoms with E-state index in [2.05, 4.69) is 16.6 Å². The standard InChI is InChI=1S/C30H32F3N3O2S/c1-2-3-5-9-22-13-19-26(20-14-22)39(37,38)34-21-8-12-27-28(23-15-17-25(18-16-23)30(31,32)33)36-29(35-27)24-10-6-4-7-11-24/h4,6-7,10-11,13-20,34H,2-3,5,8-9,12,21H2,1H3,(H,35,36). The Bertz CT molecular complexity index is 1450. The highest BCUT2D eigenvalue weighted by atomic mass is 32.2. The van der Waals surface area contributed by atoms with Crippen LogP contribution < -0.4 is 4.72 Å². The van der Waals surface area contributed by atoms with E-state index in [1.54, 1.807) is 12.1 Å². The molecule has 4 aromatic rings. The van der Waals surface area contributed by atoms with Crippen molar-refractivity contribution in [2.45, 2.75) is 56.5 Å². The van der Waals surface area contributed by atoms with Crippen LogP contribution in [0.1, 0.15) is 49.4 Å². The molecule has 9 heteroatoms. The molecule has 0 aliphatic heterocycles. The molecule has 1 heterocycles. The van der Waals surface area contributed by atoms with Crippen molar-refractivity contribution in [3.8, 4) is 22.6 Å². The molecule has 0 aliphatic rings. The van der Waals surface area contributed by atoms with E-state index in [9.17, 15) is 21.6 Å². The summed E-state index contributed by atoms with van der Waals surface area (Å²) in [5, 5.41) is 0. The maximum absolute atomic E-state index is 13.1. The lowest BCUT2D eigenvalue weighted by molar-refractivity contribution is -0.137. The maximum Gasteiger partial charge on any atom is 0.416 e. The minimum Gasteiger partial charge on any atom is -0.338 e. The van der Waals surface area contributed by atoms with E-state index in [1.165, 1.54) is 12.1 Å². The number of benzene rings is 3. The number of nitrogens with zero attached hydrogens (tertiary/aromatic N) is 1. The lowest BCUT2D eigenvalue weighted by Gasteiger charge is -2.09. The molecule has 0 aliphatic carbocycles. The Kier molecular flexibility index (Phi) is 9.24. The second kappa shape index (κ2) is 12.6. The third-order valence-electron chi connectivity index (χ3n) is 6.51. The van der Waals surface area contributed by atoms with E-state index < -0.39 is 21.8 Å². The molecule has 5 nitrogen and oxygen atoms in total. The predicted molar refractivity (Wildman–Crippen MR) is 148 cm³/mol. The van der Waals surface area contributed by atoms with Crippen LogP contribution in [0.2, 0.25) is 0 Å². The summed E-state index contributed by atoms with van der Waals surface area (Å²) < 4.78 is 67.4. The van der Waals surface area contributed by atoms with Gasteiger partial charge in [-0.3, -0.25) is 0 Å². The average Bonchev–Trinajstić information content (AvgIpc) is 3.36. The molecule has 0 saturated carbocycles. The molecule has 3 aromatic carbocycles. The van der Waals surface area contributed by atoms with Crippen LogP contribution in [0.15, 0.2) is 83.8 Å². The van der Waals surface area contributed by atoms with E-state index in [4.69, 9.17) is 4.98 Å². The molecule has 0 amide bonds. The first-order chi connectivity index (χ1) is 18.7. The molecule has 206 valence electrons. The van der Waals surface area contributed by atoms with E-state index in [-0.39, 0.29) is 11.4 Å². The lowest BCUT2D eigenvalue weighted by Crippen LogP contribution is -2.25. The zero-order valence-corrected chi connectivity index (χ0v) is 22.6. The number of sulfonamides is 1. The van der Waals surface area contributed by atoms with E-state index in [1.807, 2.05) is 42.5 Å². The molecule has 1 aromatic heterocycles. The zero-order valence-electron chi connectivity index (χ0n) is 21.8. The summed E-state index contributed by atoms with van der Waals surface area (Å²) in [6.07, 6.45) is 0.752. The second-order valence-corrected chi connectivity index (χ2v) is 11.2. The van der Waals surface area contributed by atoms with Crippen LogP contribution in [0.4, 0.5) is 13.2 Å². The van der Waals surface area contributed by atoms with Crippen molar-refractivity contribution in [1.29, 1.82) is 0 Å². The van der Waals surface area contributed by atoms with Gasteiger partial charge in [-0.1, -0.05) is 74.4 Å². The van der Waals surface area contributed by atoms with Gasteiger partial charge in [0.1, 0.15) is 5.82 Å². The van der Waals surface area contributed by atoms with Crippen molar-refractivity contribution < 1.29 is 21.6 Å². The Morgan fingerprint density at radius 2 is 1.51 bits per heavy atom. The quantitative estimate of drug-likeness (QED) is 0.179. The van der Waals surface area contributed by atoms with Gasteiger partial charge in [-0.15, -0.1) is 0 Å². The van der Waals surface area contributed by atoms with Crippen molar-refractivity contribution in [1.82, 2.24) is 14.7 Å². The molecule has 2 N–H and O–H groups in total. The summed E-state index contributed by atoms with van der Waals surface area (Å²) >= 11 is 0. The zero-order chi connectivity index (χ0) is 27.9.